The van der Waals surface area contributed by atoms with Crippen LogP contribution in [0, 0.1) is 11.3 Å². The van der Waals surface area contributed by atoms with Crippen molar-refractivity contribution in [3.8, 4) is 6.07 Å². The number of hydrogen-bond donors (Lipinski definition) is 0. The van der Waals surface area contributed by atoms with Gasteiger partial charge in [-0.2, -0.15) is 5.26 Å². The number of rotatable bonds is 2. The highest BCUT2D eigenvalue weighted by atomic mass is 16.1. The lowest BCUT2D eigenvalue weighted by atomic mass is 9.88. The summed E-state index contributed by atoms with van der Waals surface area (Å²) in [5.41, 5.74) is 3.68. The van der Waals surface area contributed by atoms with Crippen molar-refractivity contribution in [3.63, 3.8) is 0 Å². The van der Waals surface area contributed by atoms with E-state index in [-0.39, 0.29) is 0 Å². The van der Waals surface area contributed by atoms with Crippen LogP contribution in [0.1, 0.15) is 48.0 Å². The third kappa shape index (κ3) is 2.62. The zero-order valence-corrected chi connectivity index (χ0v) is 9.78. The van der Waals surface area contributed by atoms with Gasteiger partial charge in [-0.25, -0.2) is 0 Å². The van der Waals surface area contributed by atoms with Crippen LogP contribution in [0.25, 0.3) is 5.57 Å². The van der Waals surface area contributed by atoms with E-state index >= 15 is 0 Å². The summed E-state index contributed by atoms with van der Waals surface area (Å²) in [6.45, 7) is 0. The van der Waals surface area contributed by atoms with E-state index in [2.05, 4.69) is 6.07 Å². The zero-order chi connectivity index (χ0) is 12.1. The van der Waals surface area contributed by atoms with E-state index in [0.717, 1.165) is 30.3 Å². The Hall–Kier alpha value is -1.88. The van der Waals surface area contributed by atoms with Crippen LogP contribution in [0.4, 0.5) is 0 Å². The Morgan fingerprint density at radius 3 is 2.29 bits per heavy atom. The molecular weight excluding hydrogens is 210 g/mol. The van der Waals surface area contributed by atoms with Crippen molar-refractivity contribution < 1.29 is 4.79 Å². The largest absolute Gasteiger partial charge is 0.298 e. The van der Waals surface area contributed by atoms with Gasteiger partial charge in [-0.05, 0) is 31.2 Å². The van der Waals surface area contributed by atoms with Crippen molar-refractivity contribution >= 4 is 11.9 Å². The van der Waals surface area contributed by atoms with Crippen LogP contribution in [0.2, 0.25) is 0 Å². The lowest BCUT2D eigenvalue weighted by Crippen LogP contribution is -1.97. The molecule has 1 aliphatic carbocycles. The summed E-state index contributed by atoms with van der Waals surface area (Å²) in [6, 6.07) is 9.58. The van der Waals surface area contributed by atoms with Gasteiger partial charge in [0.2, 0.25) is 0 Å². The number of allylic oxidation sites excluding steroid dienone is 2. The number of carbonyl (C=O) groups excluding carboxylic acids is 1. The minimum Gasteiger partial charge on any atom is -0.298 e. The third-order valence-electron chi connectivity index (χ3n) is 3.26. The molecule has 0 aliphatic heterocycles. The standard InChI is InChI=1S/C15H15NO/c16-10-15(13-4-2-1-3-5-13)14-8-6-12(11-17)7-9-14/h6-9,11H,1-5H2. The van der Waals surface area contributed by atoms with Crippen LogP contribution in [0.5, 0.6) is 0 Å². The second kappa shape index (κ2) is 5.45. The fraction of sp³-hybridized carbons (Fsp3) is 0.333. The molecule has 1 saturated carbocycles. The predicted molar refractivity (Wildman–Crippen MR) is 67.4 cm³/mol. The van der Waals surface area contributed by atoms with E-state index in [1.54, 1.807) is 12.1 Å². The maximum Gasteiger partial charge on any atom is 0.150 e. The van der Waals surface area contributed by atoms with Crippen molar-refractivity contribution in [1.82, 2.24) is 0 Å². The van der Waals surface area contributed by atoms with Gasteiger partial charge in [-0.3, -0.25) is 4.79 Å². The van der Waals surface area contributed by atoms with Crippen LogP contribution in [-0.2, 0) is 0 Å². The Kier molecular flexibility index (Phi) is 3.72. The van der Waals surface area contributed by atoms with Gasteiger partial charge in [0.25, 0.3) is 0 Å². The molecule has 0 N–H and O–H groups in total. The third-order valence-corrected chi connectivity index (χ3v) is 3.26. The summed E-state index contributed by atoms with van der Waals surface area (Å²) in [5, 5.41) is 9.28. The van der Waals surface area contributed by atoms with Gasteiger partial charge in [-0.1, -0.05) is 36.3 Å². The van der Waals surface area contributed by atoms with Gasteiger partial charge < -0.3 is 0 Å². The van der Waals surface area contributed by atoms with Gasteiger partial charge in [0.05, 0.1) is 11.6 Å². The van der Waals surface area contributed by atoms with Crippen LogP contribution >= 0.6 is 0 Å². The SMILES string of the molecule is N#CC(=C1CCCCC1)c1ccc(C=O)cc1. The number of aldehydes is 1. The molecule has 2 rings (SSSR count). The average Bonchev–Trinajstić information content (AvgIpc) is 2.42. The van der Waals surface area contributed by atoms with E-state index in [1.807, 2.05) is 12.1 Å². The van der Waals surface area contributed by atoms with Gasteiger partial charge in [0.15, 0.2) is 0 Å². The summed E-state index contributed by atoms with van der Waals surface area (Å²) in [6.07, 6.45) is 6.55. The topological polar surface area (TPSA) is 40.9 Å². The molecule has 0 radical (unpaired) electrons. The molecule has 2 nitrogen and oxygen atoms in total. The lowest BCUT2D eigenvalue weighted by molar-refractivity contribution is 0.112. The van der Waals surface area contributed by atoms with Gasteiger partial charge in [-0.15, -0.1) is 0 Å². The molecular formula is C15H15NO. The Balaban J connectivity index is 2.34. The number of benzene rings is 1. The van der Waals surface area contributed by atoms with Crippen molar-refractivity contribution in [2.24, 2.45) is 0 Å². The Labute approximate surface area is 102 Å². The molecule has 2 heteroatoms. The molecule has 17 heavy (non-hydrogen) atoms. The highest BCUT2D eigenvalue weighted by Crippen LogP contribution is 2.30. The van der Waals surface area contributed by atoms with Crippen molar-refractivity contribution in [2.75, 3.05) is 0 Å². The normalized spacial score (nSPS) is 15.1. The molecule has 0 heterocycles. The van der Waals surface area contributed by atoms with E-state index in [9.17, 15) is 10.1 Å². The first-order chi connectivity index (χ1) is 8.35. The zero-order valence-electron chi connectivity index (χ0n) is 9.78. The number of carbonyl (C=O) groups is 1. The average molecular weight is 225 g/mol. The van der Waals surface area contributed by atoms with Crippen molar-refractivity contribution in [3.05, 3.63) is 41.0 Å². The molecule has 0 atom stereocenters. The molecule has 0 spiro atoms. The molecule has 0 aromatic heterocycles. The molecule has 1 aliphatic rings. The first-order valence-electron chi connectivity index (χ1n) is 6.03. The predicted octanol–water partition coefficient (Wildman–Crippen LogP) is 3.74. The molecule has 1 fully saturated rings. The van der Waals surface area contributed by atoms with Crippen molar-refractivity contribution in [2.45, 2.75) is 32.1 Å². The quantitative estimate of drug-likeness (QED) is 0.568. The highest BCUT2D eigenvalue weighted by molar-refractivity contribution is 5.81. The second-order valence-corrected chi connectivity index (χ2v) is 4.39. The first-order valence-corrected chi connectivity index (χ1v) is 6.03. The van der Waals surface area contributed by atoms with Gasteiger partial charge in [0.1, 0.15) is 6.29 Å². The first kappa shape index (κ1) is 11.6. The second-order valence-electron chi connectivity index (χ2n) is 4.39. The summed E-state index contributed by atoms with van der Waals surface area (Å²) in [7, 11) is 0. The number of nitrogens with zero attached hydrogens (tertiary/aromatic N) is 1. The molecule has 0 unspecified atom stereocenters. The van der Waals surface area contributed by atoms with Crippen LogP contribution in [0.15, 0.2) is 29.8 Å². The van der Waals surface area contributed by atoms with E-state index in [1.165, 1.54) is 24.8 Å². The summed E-state index contributed by atoms with van der Waals surface area (Å²) in [4.78, 5) is 10.6. The molecule has 1 aromatic carbocycles. The van der Waals surface area contributed by atoms with E-state index < -0.39 is 0 Å². The summed E-state index contributed by atoms with van der Waals surface area (Å²) < 4.78 is 0. The Bertz CT molecular complexity index is 469. The maximum absolute atomic E-state index is 10.6. The molecule has 0 saturated heterocycles. The number of hydrogen-bond acceptors (Lipinski definition) is 2. The van der Waals surface area contributed by atoms with Crippen molar-refractivity contribution in [1.29, 1.82) is 5.26 Å². The fourth-order valence-corrected chi connectivity index (χ4v) is 2.30. The summed E-state index contributed by atoms with van der Waals surface area (Å²) in [5.74, 6) is 0. The minimum atomic E-state index is 0.652. The van der Waals surface area contributed by atoms with Gasteiger partial charge in [0, 0.05) is 5.56 Å². The van der Waals surface area contributed by atoms with E-state index in [4.69, 9.17) is 0 Å². The molecule has 86 valence electrons. The number of nitriles is 1. The molecule has 0 amide bonds. The molecule has 1 aromatic rings. The maximum atomic E-state index is 10.6. The lowest BCUT2D eigenvalue weighted by Gasteiger charge is -2.15. The summed E-state index contributed by atoms with van der Waals surface area (Å²) >= 11 is 0. The fourth-order valence-electron chi connectivity index (χ4n) is 2.30. The minimum absolute atomic E-state index is 0.652. The van der Waals surface area contributed by atoms with Gasteiger partial charge >= 0.3 is 0 Å². The van der Waals surface area contributed by atoms with E-state index in [0.29, 0.717) is 5.56 Å². The monoisotopic (exact) mass is 225 g/mol. The smallest absolute Gasteiger partial charge is 0.150 e. The van der Waals surface area contributed by atoms with Crippen LogP contribution in [-0.4, -0.2) is 6.29 Å². The molecule has 0 bridgehead atoms. The Morgan fingerprint density at radius 1 is 1.12 bits per heavy atom. The van der Waals surface area contributed by atoms with Crippen LogP contribution < -0.4 is 0 Å². The Morgan fingerprint density at radius 2 is 1.76 bits per heavy atom. The highest BCUT2D eigenvalue weighted by Gasteiger charge is 2.12. The van der Waals surface area contributed by atoms with Crippen LogP contribution in [0.3, 0.4) is 0 Å².